The molecule has 0 bridgehead atoms. The van der Waals surface area contributed by atoms with Gasteiger partial charge in [-0.05, 0) is 37.6 Å². The van der Waals surface area contributed by atoms with Crippen molar-refractivity contribution in [3.8, 4) is 5.69 Å². The molecule has 22 heavy (non-hydrogen) atoms. The molecule has 1 atom stereocenters. The monoisotopic (exact) mass is 324 g/mol. The molecule has 1 aromatic heterocycles. The van der Waals surface area contributed by atoms with E-state index in [2.05, 4.69) is 10.3 Å². The zero-order valence-electron chi connectivity index (χ0n) is 11.6. The summed E-state index contributed by atoms with van der Waals surface area (Å²) in [6, 6.07) is 3.55. The van der Waals surface area contributed by atoms with E-state index in [4.69, 9.17) is 11.6 Å². The van der Waals surface area contributed by atoms with E-state index in [0.717, 1.165) is 13.0 Å². The highest BCUT2D eigenvalue weighted by atomic mass is 35.5. The van der Waals surface area contributed by atoms with Gasteiger partial charge in [0.05, 0.1) is 22.6 Å². The van der Waals surface area contributed by atoms with Crippen molar-refractivity contribution in [1.82, 2.24) is 19.9 Å². The quantitative estimate of drug-likeness (QED) is 0.932. The molecule has 0 aliphatic carbocycles. The van der Waals surface area contributed by atoms with E-state index in [0.29, 0.717) is 24.3 Å². The van der Waals surface area contributed by atoms with Crippen molar-refractivity contribution in [2.45, 2.75) is 25.4 Å². The normalized spacial score (nSPS) is 18.7. The zero-order chi connectivity index (χ0) is 15.7. The molecule has 1 aromatic carbocycles. The van der Waals surface area contributed by atoms with Crippen molar-refractivity contribution in [2.24, 2.45) is 0 Å². The number of aliphatic carboxylic acids is 1. The first-order chi connectivity index (χ1) is 10.5. The third-order valence-corrected chi connectivity index (χ3v) is 4.01. The number of hydrogen-bond acceptors (Lipinski definition) is 4. The van der Waals surface area contributed by atoms with Crippen LogP contribution in [0.2, 0.25) is 5.02 Å². The Labute approximate surface area is 131 Å². The number of rotatable bonds is 4. The van der Waals surface area contributed by atoms with E-state index >= 15 is 0 Å². The van der Waals surface area contributed by atoms with Crippen LogP contribution in [0, 0.1) is 5.82 Å². The topological polar surface area (TPSA) is 71.2 Å². The Morgan fingerprint density at radius 1 is 1.50 bits per heavy atom. The van der Waals surface area contributed by atoms with Gasteiger partial charge in [-0.15, -0.1) is 5.10 Å². The minimum Gasteiger partial charge on any atom is -0.480 e. The fourth-order valence-electron chi connectivity index (χ4n) is 2.66. The van der Waals surface area contributed by atoms with Crippen LogP contribution in [0.15, 0.2) is 24.4 Å². The maximum absolute atomic E-state index is 13.1. The molecule has 6 nitrogen and oxygen atoms in total. The lowest BCUT2D eigenvalue weighted by molar-refractivity contribution is -0.142. The summed E-state index contributed by atoms with van der Waals surface area (Å²) in [6.07, 6.45) is 3.18. The van der Waals surface area contributed by atoms with Gasteiger partial charge in [-0.25, -0.2) is 9.07 Å². The summed E-state index contributed by atoms with van der Waals surface area (Å²) in [7, 11) is 0. The number of aromatic nitrogens is 3. The lowest BCUT2D eigenvalue weighted by Gasteiger charge is -2.19. The van der Waals surface area contributed by atoms with E-state index in [-0.39, 0.29) is 5.02 Å². The van der Waals surface area contributed by atoms with Gasteiger partial charge in [0.2, 0.25) is 0 Å². The summed E-state index contributed by atoms with van der Waals surface area (Å²) in [6.45, 7) is 1.14. The van der Waals surface area contributed by atoms with E-state index in [9.17, 15) is 14.3 Å². The average Bonchev–Trinajstić information content (AvgIpc) is 3.08. The predicted molar refractivity (Wildman–Crippen MR) is 77.4 cm³/mol. The van der Waals surface area contributed by atoms with Gasteiger partial charge in [0.25, 0.3) is 0 Å². The summed E-state index contributed by atoms with van der Waals surface area (Å²) in [5, 5.41) is 17.4. The number of halogens is 2. The number of likely N-dealkylation sites (tertiary alicyclic amines) is 1. The molecule has 3 rings (SSSR count). The van der Waals surface area contributed by atoms with E-state index < -0.39 is 17.8 Å². The van der Waals surface area contributed by atoms with Crippen molar-refractivity contribution >= 4 is 17.6 Å². The van der Waals surface area contributed by atoms with Crippen LogP contribution < -0.4 is 0 Å². The molecule has 0 saturated carbocycles. The molecular weight excluding hydrogens is 311 g/mol. The molecule has 116 valence electrons. The Hall–Kier alpha value is -1.99. The standard InChI is InChI=1S/C14H14ClFN4O2/c15-11-6-9(16)3-4-12(11)20-8-10(17-18-20)7-19-5-1-2-13(19)14(21)22/h3-4,6,8,13H,1-2,5,7H2,(H,21,22)/t13-/m1/s1. The number of carboxylic acid groups (broad SMARTS) is 1. The molecule has 2 heterocycles. The molecule has 0 unspecified atom stereocenters. The Morgan fingerprint density at radius 3 is 3.05 bits per heavy atom. The van der Waals surface area contributed by atoms with Crippen LogP contribution in [0.5, 0.6) is 0 Å². The van der Waals surface area contributed by atoms with Gasteiger partial charge in [0.1, 0.15) is 11.9 Å². The highest BCUT2D eigenvalue weighted by Gasteiger charge is 2.30. The summed E-state index contributed by atoms with van der Waals surface area (Å²) >= 11 is 5.99. The van der Waals surface area contributed by atoms with Gasteiger partial charge in [0.15, 0.2) is 0 Å². The minimum absolute atomic E-state index is 0.237. The van der Waals surface area contributed by atoms with Crippen LogP contribution in [0.25, 0.3) is 5.69 Å². The van der Waals surface area contributed by atoms with Crippen molar-refractivity contribution in [3.63, 3.8) is 0 Å². The maximum atomic E-state index is 13.1. The zero-order valence-corrected chi connectivity index (χ0v) is 12.4. The number of carbonyl (C=O) groups is 1. The van der Waals surface area contributed by atoms with Crippen molar-refractivity contribution in [2.75, 3.05) is 6.54 Å². The SMILES string of the molecule is O=C(O)[C@H]1CCCN1Cc1cn(-c2ccc(F)cc2Cl)nn1. The summed E-state index contributed by atoms with van der Waals surface area (Å²) in [4.78, 5) is 13.0. The van der Waals surface area contributed by atoms with E-state index in [1.54, 1.807) is 6.20 Å². The van der Waals surface area contributed by atoms with Gasteiger partial charge in [-0.2, -0.15) is 0 Å². The predicted octanol–water partition coefficient (Wildman–Crippen LogP) is 2.11. The molecule has 1 fully saturated rings. The second-order valence-electron chi connectivity index (χ2n) is 5.22. The number of benzene rings is 1. The third-order valence-electron chi connectivity index (χ3n) is 3.71. The summed E-state index contributed by atoms with van der Waals surface area (Å²) in [5.74, 6) is -1.23. The molecule has 1 saturated heterocycles. The van der Waals surface area contributed by atoms with E-state index in [1.165, 1.54) is 22.9 Å². The first-order valence-electron chi connectivity index (χ1n) is 6.88. The molecule has 0 spiro atoms. The molecular formula is C14H14ClFN4O2. The lowest BCUT2D eigenvalue weighted by Crippen LogP contribution is -2.35. The Bertz CT molecular complexity index is 706. The molecule has 1 N–H and O–H groups in total. The molecule has 0 amide bonds. The average molecular weight is 325 g/mol. The van der Waals surface area contributed by atoms with Gasteiger partial charge >= 0.3 is 5.97 Å². The fourth-order valence-corrected chi connectivity index (χ4v) is 2.91. The van der Waals surface area contributed by atoms with Crippen LogP contribution in [-0.4, -0.2) is 43.6 Å². The number of hydrogen-bond donors (Lipinski definition) is 1. The van der Waals surface area contributed by atoms with Crippen LogP contribution >= 0.6 is 11.6 Å². The first-order valence-corrected chi connectivity index (χ1v) is 7.26. The van der Waals surface area contributed by atoms with Crippen molar-refractivity contribution < 1.29 is 14.3 Å². The largest absolute Gasteiger partial charge is 0.480 e. The molecule has 1 aliphatic heterocycles. The second-order valence-corrected chi connectivity index (χ2v) is 5.62. The first kappa shape index (κ1) is 14.9. The molecule has 2 aromatic rings. The highest BCUT2D eigenvalue weighted by Crippen LogP contribution is 2.22. The van der Waals surface area contributed by atoms with Gasteiger partial charge in [-0.1, -0.05) is 16.8 Å². The van der Waals surface area contributed by atoms with Crippen molar-refractivity contribution in [1.29, 1.82) is 0 Å². The summed E-state index contributed by atoms with van der Waals surface area (Å²) < 4.78 is 14.5. The smallest absolute Gasteiger partial charge is 0.320 e. The van der Waals surface area contributed by atoms with E-state index in [1.807, 2.05) is 4.90 Å². The Morgan fingerprint density at radius 2 is 2.32 bits per heavy atom. The van der Waals surface area contributed by atoms with Crippen LogP contribution in [0.3, 0.4) is 0 Å². The van der Waals surface area contributed by atoms with Crippen LogP contribution in [-0.2, 0) is 11.3 Å². The minimum atomic E-state index is -0.813. The van der Waals surface area contributed by atoms with Crippen LogP contribution in [0.4, 0.5) is 4.39 Å². The highest BCUT2D eigenvalue weighted by molar-refractivity contribution is 6.32. The maximum Gasteiger partial charge on any atom is 0.320 e. The summed E-state index contributed by atoms with van der Waals surface area (Å²) in [5.41, 5.74) is 1.17. The number of carboxylic acids is 1. The molecule has 8 heteroatoms. The van der Waals surface area contributed by atoms with Gasteiger partial charge < -0.3 is 5.11 Å². The number of nitrogens with zero attached hydrogens (tertiary/aromatic N) is 4. The Balaban J connectivity index is 1.78. The molecule has 1 aliphatic rings. The van der Waals surface area contributed by atoms with Gasteiger partial charge in [-0.3, -0.25) is 9.69 Å². The third kappa shape index (κ3) is 2.95. The second kappa shape index (κ2) is 6.02. The van der Waals surface area contributed by atoms with Crippen LogP contribution in [0.1, 0.15) is 18.5 Å². The Kier molecular flexibility index (Phi) is 4.08. The fraction of sp³-hybridized carbons (Fsp3) is 0.357. The van der Waals surface area contributed by atoms with Gasteiger partial charge in [0, 0.05) is 6.54 Å². The lowest BCUT2D eigenvalue weighted by atomic mass is 10.2. The van der Waals surface area contributed by atoms with Crippen molar-refractivity contribution in [3.05, 3.63) is 40.9 Å². The molecule has 0 radical (unpaired) electrons.